The van der Waals surface area contributed by atoms with E-state index in [1.165, 1.54) is 5.56 Å². The summed E-state index contributed by atoms with van der Waals surface area (Å²) in [5, 5.41) is 2.93. The summed E-state index contributed by atoms with van der Waals surface area (Å²) in [7, 11) is 4.86. The summed E-state index contributed by atoms with van der Waals surface area (Å²) >= 11 is 0. The molecule has 0 aromatic heterocycles. The molecule has 1 heterocycles. The van der Waals surface area contributed by atoms with Crippen LogP contribution in [0.2, 0.25) is 0 Å². The number of amides is 1. The molecule has 0 radical (unpaired) electrons. The van der Waals surface area contributed by atoms with Crippen LogP contribution < -0.4 is 19.5 Å². The van der Waals surface area contributed by atoms with Gasteiger partial charge in [0.15, 0.2) is 0 Å². The van der Waals surface area contributed by atoms with Crippen molar-refractivity contribution in [3.63, 3.8) is 0 Å². The summed E-state index contributed by atoms with van der Waals surface area (Å²) in [4.78, 5) is 17.1. The average Bonchev–Trinajstić information content (AvgIpc) is 2.75. The third-order valence-corrected chi connectivity index (χ3v) is 5.05. The van der Waals surface area contributed by atoms with Gasteiger partial charge in [-0.3, -0.25) is 14.6 Å². The van der Waals surface area contributed by atoms with Gasteiger partial charge in [0, 0.05) is 38.8 Å². The number of methoxy groups -OCH3 is 3. The predicted molar refractivity (Wildman–Crippen MR) is 113 cm³/mol. The van der Waals surface area contributed by atoms with Crippen LogP contribution in [0.5, 0.6) is 17.2 Å². The van der Waals surface area contributed by atoms with Crippen LogP contribution in [0.25, 0.3) is 0 Å². The number of anilines is 1. The molecular formula is C22H29N3O4. The highest BCUT2D eigenvalue weighted by atomic mass is 16.5. The van der Waals surface area contributed by atoms with Crippen molar-refractivity contribution in [3.05, 3.63) is 48.0 Å². The molecule has 1 aliphatic rings. The van der Waals surface area contributed by atoms with Crippen molar-refractivity contribution in [3.8, 4) is 17.2 Å². The molecular weight excluding hydrogens is 370 g/mol. The molecule has 156 valence electrons. The second kappa shape index (κ2) is 10.1. The molecule has 1 saturated heterocycles. The molecule has 7 heteroatoms. The molecule has 0 atom stereocenters. The highest BCUT2D eigenvalue weighted by Gasteiger charge is 2.20. The Morgan fingerprint density at radius 3 is 2.28 bits per heavy atom. The van der Waals surface area contributed by atoms with Gasteiger partial charge in [0.1, 0.15) is 17.2 Å². The molecule has 0 saturated carbocycles. The number of piperazine rings is 1. The second-order valence-corrected chi connectivity index (χ2v) is 7.02. The summed E-state index contributed by atoms with van der Waals surface area (Å²) in [5.74, 6) is 2.11. The summed E-state index contributed by atoms with van der Waals surface area (Å²) in [5.41, 5.74) is 1.86. The van der Waals surface area contributed by atoms with Crippen LogP contribution in [-0.4, -0.2) is 69.8 Å². The van der Waals surface area contributed by atoms with Crippen LogP contribution in [0, 0.1) is 0 Å². The minimum atomic E-state index is -0.0576. The summed E-state index contributed by atoms with van der Waals surface area (Å²) < 4.78 is 15.9. The summed E-state index contributed by atoms with van der Waals surface area (Å²) in [6, 6.07) is 13.5. The number of hydrogen-bond donors (Lipinski definition) is 1. The number of carbonyl (C=O) groups is 1. The monoisotopic (exact) mass is 399 g/mol. The van der Waals surface area contributed by atoms with E-state index in [-0.39, 0.29) is 5.91 Å². The molecule has 0 bridgehead atoms. The third kappa shape index (κ3) is 5.85. The molecule has 2 aromatic rings. The minimum absolute atomic E-state index is 0.0576. The Labute approximate surface area is 172 Å². The van der Waals surface area contributed by atoms with Crippen LogP contribution in [0.1, 0.15) is 5.56 Å². The molecule has 2 aromatic carbocycles. The number of rotatable bonds is 8. The van der Waals surface area contributed by atoms with Crippen molar-refractivity contribution in [2.45, 2.75) is 6.54 Å². The van der Waals surface area contributed by atoms with Gasteiger partial charge in [-0.15, -0.1) is 0 Å². The number of hydrogen-bond acceptors (Lipinski definition) is 6. The van der Waals surface area contributed by atoms with Crippen LogP contribution in [0.3, 0.4) is 0 Å². The van der Waals surface area contributed by atoms with E-state index in [0.717, 1.165) is 38.5 Å². The number of ether oxygens (including phenoxy) is 3. The lowest BCUT2D eigenvalue weighted by Crippen LogP contribution is -2.48. The lowest BCUT2D eigenvalue weighted by atomic mass is 10.2. The second-order valence-electron chi connectivity index (χ2n) is 7.02. The highest BCUT2D eigenvalue weighted by molar-refractivity contribution is 5.94. The zero-order valence-electron chi connectivity index (χ0n) is 17.3. The Balaban J connectivity index is 1.48. The van der Waals surface area contributed by atoms with Crippen LogP contribution in [0.4, 0.5) is 5.69 Å². The van der Waals surface area contributed by atoms with Gasteiger partial charge in [0.2, 0.25) is 5.91 Å². The average molecular weight is 399 g/mol. The summed E-state index contributed by atoms with van der Waals surface area (Å²) in [6.45, 7) is 4.80. The lowest BCUT2D eigenvalue weighted by molar-refractivity contribution is -0.117. The lowest BCUT2D eigenvalue weighted by Gasteiger charge is -2.34. The van der Waals surface area contributed by atoms with E-state index in [0.29, 0.717) is 23.7 Å². The molecule has 1 fully saturated rings. The number of carbonyl (C=O) groups excluding carboxylic acids is 1. The van der Waals surface area contributed by atoms with E-state index in [1.807, 2.05) is 12.1 Å². The van der Waals surface area contributed by atoms with Gasteiger partial charge in [0.25, 0.3) is 0 Å². The Morgan fingerprint density at radius 1 is 0.897 bits per heavy atom. The van der Waals surface area contributed by atoms with Crippen molar-refractivity contribution < 1.29 is 19.0 Å². The fourth-order valence-corrected chi connectivity index (χ4v) is 3.44. The van der Waals surface area contributed by atoms with Crippen LogP contribution >= 0.6 is 0 Å². The quantitative estimate of drug-likeness (QED) is 0.736. The van der Waals surface area contributed by atoms with Crippen molar-refractivity contribution >= 4 is 11.6 Å². The van der Waals surface area contributed by atoms with Gasteiger partial charge >= 0.3 is 0 Å². The Hall–Kier alpha value is -2.77. The predicted octanol–water partition coefficient (Wildman–Crippen LogP) is 2.47. The zero-order chi connectivity index (χ0) is 20.6. The molecule has 7 nitrogen and oxygen atoms in total. The normalized spacial score (nSPS) is 15.0. The fourth-order valence-electron chi connectivity index (χ4n) is 3.44. The van der Waals surface area contributed by atoms with E-state index in [4.69, 9.17) is 14.2 Å². The topological polar surface area (TPSA) is 63.3 Å². The SMILES string of the molecule is COc1cccc(CN2CCN(CC(=O)Nc3cc(OC)ccc3OC)CC2)c1. The van der Waals surface area contributed by atoms with Crippen molar-refractivity contribution in [1.29, 1.82) is 0 Å². The Kier molecular flexibility index (Phi) is 7.32. The number of nitrogens with one attached hydrogen (secondary N) is 1. The Morgan fingerprint density at radius 2 is 1.59 bits per heavy atom. The van der Waals surface area contributed by atoms with Gasteiger partial charge in [-0.05, 0) is 29.8 Å². The van der Waals surface area contributed by atoms with Crippen LogP contribution in [-0.2, 0) is 11.3 Å². The first-order chi connectivity index (χ1) is 14.1. The van der Waals surface area contributed by atoms with Crippen molar-refractivity contribution in [1.82, 2.24) is 9.80 Å². The minimum Gasteiger partial charge on any atom is -0.497 e. The van der Waals surface area contributed by atoms with Crippen molar-refractivity contribution in [2.75, 3.05) is 59.4 Å². The maximum Gasteiger partial charge on any atom is 0.238 e. The van der Waals surface area contributed by atoms with E-state index in [1.54, 1.807) is 39.5 Å². The molecule has 0 spiro atoms. The molecule has 0 aliphatic carbocycles. The van der Waals surface area contributed by atoms with Gasteiger partial charge in [0.05, 0.1) is 33.6 Å². The van der Waals surface area contributed by atoms with Crippen LogP contribution in [0.15, 0.2) is 42.5 Å². The highest BCUT2D eigenvalue weighted by Crippen LogP contribution is 2.28. The molecule has 1 amide bonds. The van der Waals surface area contributed by atoms with Gasteiger partial charge in [-0.25, -0.2) is 0 Å². The van der Waals surface area contributed by atoms with Gasteiger partial charge < -0.3 is 19.5 Å². The molecule has 29 heavy (non-hydrogen) atoms. The third-order valence-electron chi connectivity index (χ3n) is 5.05. The first-order valence-electron chi connectivity index (χ1n) is 9.71. The molecule has 3 rings (SSSR count). The smallest absolute Gasteiger partial charge is 0.238 e. The fraction of sp³-hybridized carbons (Fsp3) is 0.409. The van der Waals surface area contributed by atoms with Gasteiger partial charge in [-0.1, -0.05) is 12.1 Å². The molecule has 0 unspecified atom stereocenters. The molecule has 1 aliphatic heterocycles. The van der Waals surface area contributed by atoms with Gasteiger partial charge in [-0.2, -0.15) is 0 Å². The number of nitrogens with zero attached hydrogens (tertiary/aromatic N) is 2. The summed E-state index contributed by atoms with van der Waals surface area (Å²) in [6.07, 6.45) is 0. The van der Waals surface area contributed by atoms with E-state index in [9.17, 15) is 4.79 Å². The zero-order valence-corrected chi connectivity index (χ0v) is 17.3. The standard InChI is InChI=1S/C22H29N3O4/c1-27-18-6-4-5-17(13-18)15-24-9-11-25(12-10-24)16-22(26)23-20-14-19(28-2)7-8-21(20)29-3/h4-8,13-14H,9-12,15-16H2,1-3H3,(H,23,26). The molecule has 1 N–H and O–H groups in total. The Bertz CT molecular complexity index is 819. The van der Waals surface area contributed by atoms with E-state index < -0.39 is 0 Å². The maximum atomic E-state index is 12.5. The largest absolute Gasteiger partial charge is 0.497 e. The number of benzene rings is 2. The van der Waals surface area contributed by atoms with Crippen molar-refractivity contribution in [2.24, 2.45) is 0 Å². The maximum absolute atomic E-state index is 12.5. The first-order valence-corrected chi connectivity index (χ1v) is 9.71. The van der Waals surface area contributed by atoms with E-state index in [2.05, 4.69) is 27.2 Å². The van der Waals surface area contributed by atoms with E-state index >= 15 is 0 Å². The first kappa shape index (κ1) is 21.0.